The third-order valence-electron chi connectivity index (χ3n) is 5.48. The molecule has 154 valence electrons. The van der Waals surface area contributed by atoms with Crippen molar-refractivity contribution in [2.24, 2.45) is 0 Å². The molecule has 1 N–H and O–H groups in total. The lowest BCUT2D eigenvalue weighted by atomic mass is 10.1. The molecule has 0 fully saturated rings. The SMILES string of the molecule is Cc1ccc2nc(/C(C#N)=C\c3ccc(OCc4cccc5ccccc45)cc3)[nH]c2c1. The van der Waals surface area contributed by atoms with E-state index >= 15 is 0 Å². The van der Waals surface area contributed by atoms with E-state index in [0.29, 0.717) is 18.0 Å². The molecule has 0 radical (unpaired) electrons. The summed E-state index contributed by atoms with van der Waals surface area (Å²) in [5.41, 5.74) is 5.48. The summed E-state index contributed by atoms with van der Waals surface area (Å²) < 4.78 is 6.02. The summed E-state index contributed by atoms with van der Waals surface area (Å²) in [4.78, 5) is 7.80. The van der Waals surface area contributed by atoms with E-state index in [0.717, 1.165) is 33.5 Å². The number of imidazole rings is 1. The van der Waals surface area contributed by atoms with Crippen LogP contribution in [0.25, 0.3) is 33.5 Å². The van der Waals surface area contributed by atoms with Crippen LogP contribution in [0.4, 0.5) is 0 Å². The molecule has 0 saturated carbocycles. The average Bonchev–Trinajstić information content (AvgIpc) is 3.25. The standard InChI is InChI=1S/C28H21N3O/c1-19-9-14-26-27(15-19)31-28(30-26)23(17-29)16-20-10-12-24(13-11-20)32-18-22-7-4-6-21-5-2-3-8-25(21)22/h2-16H,18H2,1H3,(H,30,31)/b23-16-. The monoisotopic (exact) mass is 415 g/mol. The molecule has 5 aromatic rings. The quantitative estimate of drug-likeness (QED) is 0.326. The number of aromatic nitrogens is 2. The molecular formula is C28H21N3O. The second-order valence-corrected chi connectivity index (χ2v) is 7.77. The summed E-state index contributed by atoms with van der Waals surface area (Å²) in [5, 5.41) is 12.1. The van der Waals surface area contributed by atoms with Crippen molar-refractivity contribution in [1.29, 1.82) is 5.26 Å². The summed E-state index contributed by atoms with van der Waals surface area (Å²) in [6.07, 6.45) is 1.83. The second-order valence-electron chi connectivity index (χ2n) is 7.77. The van der Waals surface area contributed by atoms with Gasteiger partial charge < -0.3 is 9.72 Å². The van der Waals surface area contributed by atoms with Gasteiger partial charge in [0.25, 0.3) is 0 Å². The molecule has 0 saturated heterocycles. The second kappa shape index (κ2) is 8.41. The fourth-order valence-electron chi connectivity index (χ4n) is 3.81. The maximum Gasteiger partial charge on any atom is 0.149 e. The zero-order valence-corrected chi connectivity index (χ0v) is 17.7. The van der Waals surface area contributed by atoms with Gasteiger partial charge in [0.2, 0.25) is 0 Å². The van der Waals surface area contributed by atoms with Crippen LogP contribution in [0.1, 0.15) is 22.5 Å². The number of allylic oxidation sites excluding steroid dienone is 1. The minimum atomic E-state index is 0.489. The minimum Gasteiger partial charge on any atom is -0.489 e. The van der Waals surface area contributed by atoms with Crippen LogP contribution in [-0.2, 0) is 6.61 Å². The van der Waals surface area contributed by atoms with Gasteiger partial charge >= 0.3 is 0 Å². The van der Waals surface area contributed by atoms with Gasteiger partial charge in [-0.25, -0.2) is 4.98 Å². The van der Waals surface area contributed by atoms with Crippen molar-refractivity contribution in [1.82, 2.24) is 9.97 Å². The Balaban J connectivity index is 1.34. The van der Waals surface area contributed by atoms with E-state index < -0.39 is 0 Å². The number of nitriles is 1. The maximum atomic E-state index is 9.67. The largest absolute Gasteiger partial charge is 0.489 e. The van der Waals surface area contributed by atoms with Crippen molar-refractivity contribution in [3.05, 3.63) is 107 Å². The van der Waals surface area contributed by atoms with Crippen LogP contribution in [0.2, 0.25) is 0 Å². The number of rotatable bonds is 5. The van der Waals surface area contributed by atoms with Gasteiger partial charge in [-0.15, -0.1) is 0 Å². The maximum absolute atomic E-state index is 9.67. The molecule has 0 bridgehead atoms. The zero-order valence-electron chi connectivity index (χ0n) is 17.7. The van der Waals surface area contributed by atoms with Crippen molar-refractivity contribution >= 4 is 33.5 Å². The Labute approximate surface area is 186 Å². The number of fused-ring (bicyclic) bond motifs is 2. The van der Waals surface area contributed by atoms with Crippen LogP contribution < -0.4 is 4.74 Å². The van der Waals surface area contributed by atoms with E-state index in [4.69, 9.17) is 4.74 Å². The van der Waals surface area contributed by atoms with Crippen molar-refractivity contribution in [3.8, 4) is 11.8 Å². The van der Waals surface area contributed by atoms with E-state index in [9.17, 15) is 5.26 Å². The smallest absolute Gasteiger partial charge is 0.149 e. The van der Waals surface area contributed by atoms with Crippen LogP contribution in [0, 0.1) is 18.3 Å². The lowest BCUT2D eigenvalue weighted by molar-refractivity contribution is 0.307. The molecule has 5 rings (SSSR count). The molecule has 0 unspecified atom stereocenters. The number of aryl methyl sites for hydroxylation is 1. The van der Waals surface area contributed by atoms with E-state index in [1.54, 1.807) is 0 Å². The summed E-state index contributed by atoms with van der Waals surface area (Å²) in [7, 11) is 0. The molecule has 0 amide bonds. The van der Waals surface area contributed by atoms with Gasteiger partial charge in [-0.1, -0.05) is 60.7 Å². The van der Waals surface area contributed by atoms with Crippen LogP contribution in [-0.4, -0.2) is 9.97 Å². The number of benzene rings is 4. The number of H-pyrrole nitrogens is 1. The molecule has 0 aliphatic heterocycles. The number of hydrogen-bond acceptors (Lipinski definition) is 3. The van der Waals surface area contributed by atoms with Gasteiger partial charge in [-0.3, -0.25) is 0 Å². The van der Waals surface area contributed by atoms with Crippen molar-refractivity contribution in [2.75, 3.05) is 0 Å². The average molecular weight is 415 g/mol. The van der Waals surface area contributed by atoms with Gasteiger partial charge in [0.1, 0.15) is 24.3 Å². The summed E-state index contributed by atoms with van der Waals surface area (Å²) in [5.74, 6) is 1.36. The van der Waals surface area contributed by atoms with Crippen molar-refractivity contribution in [3.63, 3.8) is 0 Å². The normalized spacial score (nSPS) is 11.6. The third-order valence-corrected chi connectivity index (χ3v) is 5.48. The molecule has 4 aromatic carbocycles. The molecule has 1 heterocycles. The molecular weight excluding hydrogens is 394 g/mol. The van der Waals surface area contributed by atoms with Gasteiger partial charge in [-0.2, -0.15) is 5.26 Å². The third kappa shape index (κ3) is 3.97. The predicted octanol–water partition coefficient (Wildman–Crippen LogP) is 6.67. The van der Waals surface area contributed by atoms with E-state index in [1.807, 2.05) is 67.6 Å². The fraction of sp³-hybridized carbons (Fsp3) is 0.0714. The van der Waals surface area contributed by atoms with Gasteiger partial charge in [0.05, 0.1) is 16.6 Å². The fourth-order valence-corrected chi connectivity index (χ4v) is 3.81. The Kier molecular flexibility index (Phi) is 5.15. The van der Waals surface area contributed by atoms with Gasteiger partial charge in [0, 0.05) is 0 Å². The van der Waals surface area contributed by atoms with Crippen LogP contribution >= 0.6 is 0 Å². The van der Waals surface area contributed by atoms with Crippen molar-refractivity contribution in [2.45, 2.75) is 13.5 Å². The Morgan fingerprint density at radius 3 is 2.66 bits per heavy atom. The van der Waals surface area contributed by atoms with Crippen molar-refractivity contribution < 1.29 is 4.74 Å². The first-order valence-electron chi connectivity index (χ1n) is 10.5. The highest BCUT2D eigenvalue weighted by atomic mass is 16.5. The molecule has 0 atom stereocenters. The first-order valence-corrected chi connectivity index (χ1v) is 10.5. The number of hydrogen-bond donors (Lipinski definition) is 1. The lowest BCUT2D eigenvalue weighted by Crippen LogP contribution is -1.96. The highest BCUT2D eigenvalue weighted by Crippen LogP contribution is 2.23. The van der Waals surface area contributed by atoms with Crippen LogP contribution in [0.15, 0.2) is 84.9 Å². The van der Waals surface area contributed by atoms with E-state index in [2.05, 4.69) is 46.4 Å². The zero-order chi connectivity index (χ0) is 21.9. The molecule has 0 aliphatic carbocycles. The van der Waals surface area contributed by atoms with E-state index in [-0.39, 0.29) is 0 Å². The van der Waals surface area contributed by atoms with Gasteiger partial charge in [-0.05, 0) is 64.7 Å². The highest BCUT2D eigenvalue weighted by molar-refractivity contribution is 5.90. The Morgan fingerprint density at radius 1 is 1.00 bits per heavy atom. The predicted molar refractivity (Wildman–Crippen MR) is 129 cm³/mol. The highest BCUT2D eigenvalue weighted by Gasteiger charge is 2.08. The minimum absolute atomic E-state index is 0.489. The summed E-state index contributed by atoms with van der Waals surface area (Å²) >= 11 is 0. The molecule has 1 aromatic heterocycles. The Hall–Kier alpha value is -4.36. The number of aromatic amines is 1. The van der Waals surface area contributed by atoms with Crippen LogP contribution in [0.3, 0.4) is 0 Å². The number of ether oxygens (including phenoxy) is 1. The number of nitrogens with one attached hydrogen (secondary N) is 1. The summed E-state index contributed by atoms with van der Waals surface area (Å²) in [6, 6.07) is 30.6. The lowest BCUT2D eigenvalue weighted by Gasteiger charge is -2.09. The first kappa shape index (κ1) is 19.6. The summed E-state index contributed by atoms with van der Waals surface area (Å²) in [6.45, 7) is 2.53. The van der Waals surface area contributed by atoms with E-state index in [1.165, 1.54) is 10.8 Å². The first-order chi connectivity index (χ1) is 15.7. The molecule has 0 aliphatic rings. The van der Waals surface area contributed by atoms with Crippen LogP contribution in [0.5, 0.6) is 5.75 Å². The number of nitrogens with zero attached hydrogens (tertiary/aromatic N) is 2. The molecule has 0 spiro atoms. The Morgan fingerprint density at radius 2 is 1.81 bits per heavy atom. The molecule has 4 heteroatoms. The van der Waals surface area contributed by atoms with Gasteiger partial charge in [0.15, 0.2) is 0 Å². The molecule has 4 nitrogen and oxygen atoms in total. The molecule has 32 heavy (non-hydrogen) atoms. The Bertz CT molecular complexity index is 1480. The topological polar surface area (TPSA) is 61.7 Å².